The Bertz CT molecular complexity index is 959. The summed E-state index contributed by atoms with van der Waals surface area (Å²) in [4.78, 5) is 28.2. The average molecular weight is 416 g/mol. The number of halogens is 2. The molecule has 0 unspecified atom stereocenters. The molecule has 158 valence electrons. The molecule has 0 radical (unpaired) electrons. The molecule has 0 atom stereocenters. The fraction of sp³-hybridized carbons (Fsp3) is 0.364. The number of β-amino-alcohol motifs (C(OH)–C–C–N with tert-alkyl or cyclic N) is 1. The highest BCUT2D eigenvalue weighted by atomic mass is 19.1. The van der Waals surface area contributed by atoms with Crippen molar-refractivity contribution in [1.82, 2.24) is 4.90 Å². The first-order valence-electron chi connectivity index (χ1n) is 9.85. The van der Waals surface area contributed by atoms with Crippen LogP contribution in [-0.4, -0.2) is 48.2 Å². The Morgan fingerprint density at radius 1 is 1.07 bits per heavy atom. The summed E-state index contributed by atoms with van der Waals surface area (Å²) in [6.07, 6.45) is -0.199. The lowest BCUT2D eigenvalue weighted by Gasteiger charge is -2.38. The van der Waals surface area contributed by atoms with Gasteiger partial charge in [0.25, 0.3) is 0 Å². The van der Waals surface area contributed by atoms with Crippen LogP contribution in [0.25, 0.3) is 0 Å². The van der Waals surface area contributed by atoms with Crippen molar-refractivity contribution in [3.8, 4) is 0 Å². The van der Waals surface area contributed by atoms with E-state index in [-0.39, 0.29) is 56.9 Å². The number of piperidine rings is 1. The van der Waals surface area contributed by atoms with Gasteiger partial charge in [0.15, 0.2) is 0 Å². The van der Waals surface area contributed by atoms with Crippen LogP contribution in [0.15, 0.2) is 42.5 Å². The summed E-state index contributed by atoms with van der Waals surface area (Å²) in [5.74, 6) is -1.79. The number of likely N-dealkylation sites (tertiary alicyclic amines) is 1. The zero-order chi connectivity index (χ0) is 21.3. The van der Waals surface area contributed by atoms with Gasteiger partial charge < -0.3 is 19.6 Å². The number of amides is 2. The highest BCUT2D eigenvalue weighted by Crippen LogP contribution is 2.50. The standard InChI is InChI=1S/C22H22F2N2O4/c23-16-6-7-17(24)19-18(16)22(20(28)26(19)12-13-27)8-10-25(11-9-22)21(29)30-14-15-4-2-1-3-5-15/h1-7,27H,8-14H2. The van der Waals surface area contributed by atoms with Crippen LogP contribution in [-0.2, 0) is 21.6 Å². The second-order valence-electron chi connectivity index (χ2n) is 7.54. The fourth-order valence-electron chi connectivity index (χ4n) is 4.39. The number of rotatable bonds is 4. The molecule has 2 aromatic carbocycles. The molecule has 2 aliphatic heterocycles. The minimum absolute atomic E-state index is 0.0262. The number of hydrogen-bond donors (Lipinski definition) is 1. The number of nitrogens with zero attached hydrogens (tertiary/aromatic N) is 2. The van der Waals surface area contributed by atoms with Crippen molar-refractivity contribution >= 4 is 17.7 Å². The number of ether oxygens (including phenoxy) is 1. The van der Waals surface area contributed by atoms with Gasteiger partial charge in [-0.15, -0.1) is 0 Å². The molecule has 2 aromatic rings. The maximum absolute atomic E-state index is 14.7. The maximum atomic E-state index is 14.7. The van der Waals surface area contributed by atoms with Gasteiger partial charge in [-0.3, -0.25) is 4.79 Å². The minimum atomic E-state index is -1.24. The van der Waals surface area contributed by atoms with Crippen molar-refractivity contribution in [3.05, 3.63) is 65.2 Å². The molecule has 4 rings (SSSR count). The Kier molecular flexibility index (Phi) is 5.42. The lowest BCUT2D eigenvalue weighted by atomic mass is 9.73. The summed E-state index contributed by atoms with van der Waals surface area (Å²) in [6, 6.07) is 11.3. The molecular formula is C22H22F2N2O4. The second-order valence-corrected chi connectivity index (χ2v) is 7.54. The van der Waals surface area contributed by atoms with Gasteiger partial charge in [-0.1, -0.05) is 30.3 Å². The third-order valence-corrected chi connectivity index (χ3v) is 5.88. The molecule has 6 nitrogen and oxygen atoms in total. The molecule has 30 heavy (non-hydrogen) atoms. The average Bonchev–Trinajstić information content (AvgIpc) is 3.00. The molecule has 0 bridgehead atoms. The van der Waals surface area contributed by atoms with Gasteiger partial charge in [0.05, 0.1) is 17.7 Å². The van der Waals surface area contributed by atoms with E-state index in [0.717, 1.165) is 22.6 Å². The molecule has 1 spiro atoms. The largest absolute Gasteiger partial charge is 0.445 e. The zero-order valence-corrected chi connectivity index (χ0v) is 16.3. The van der Waals surface area contributed by atoms with Crippen LogP contribution in [0.1, 0.15) is 24.0 Å². The number of carbonyl (C=O) groups is 2. The van der Waals surface area contributed by atoms with Gasteiger partial charge in [0, 0.05) is 25.2 Å². The summed E-state index contributed by atoms with van der Waals surface area (Å²) >= 11 is 0. The molecule has 1 fully saturated rings. The monoisotopic (exact) mass is 416 g/mol. The number of aliphatic hydroxyl groups excluding tert-OH is 1. The normalized spacial score (nSPS) is 17.4. The van der Waals surface area contributed by atoms with Gasteiger partial charge >= 0.3 is 6.09 Å². The first kappa shape index (κ1) is 20.3. The third-order valence-electron chi connectivity index (χ3n) is 5.88. The van der Waals surface area contributed by atoms with Gasteiger partial charge in [0.1, 0.15) is 18.2 Å². The Hall–Kier alpha value is -3.00. The van der Waals surface area contributed by atoms with E-state index in [1.807, 2.05) is 30.3 Å². The quantitative estimate of drug-likeness (QED) is 0.832. The van der Waals surface area contributed by atoms with Crippen molar-refractivity contribution in [3.63, 3.8) is 0 Å². The van der Waals surface area contributed by atoms with E-state index in [1.165, 1.54) is 4.90 Å². The topological polar surface area (TPSA) is 70.1 Å². The Labute approximate surface area is 172 Å². The molecule has 2 heterocycles. The summed E-state index contributed by atoms with van der Waals surface area (Å²) in [7, 11) is 0. The van der Waals surface area contributed by atoms with Crippen LogP contribution >= 0.6 is 0 Å². The number of fused-ring (bicyclic) bond motifs is 2. The van der Waals surface area contributed by atoms with Crippen molar-refractivity contribution in [2.24, 2.45) is 0 Å². The van der Waals surface area contributed by atoms with E-state index in [1.54, 1.807) is 0 Å². The number of aliphatic hydroxyl groups is 1. The SMILES string of the molecule is O=C(OCc1ccccc1)N1CCC2(CC1)C(=O)N(CCO)c1c(F)ccc(F)c12. The van der Waals surface area contributed by atoms with Crippen LogP contribution in [0.4, 0.5) is 19.3 Å². The minimum Gasteiger partial charge on any atom is -0.445 e. The lowest BCUT2D eigenvalue weighted by Crippen LogP contribution is -2.50. The van der Waals surface area contributed by atoms with Crippen molar-refractivity contribution in [2.45, 2.75) is 24.9 Å². The maximum Gasteiger partial charge on any atom is 0.410 e. The summed E-state index contributed by atoms with van der Waals surface area (Å²) in [5.41, 5.74) is -0.462. The van der Waals surface area contributed by atoms with Gasteiger partial charge in [0.2, 0.25) is 5.91 Å². The third kappa shape index (κ3) is 3.31. The van der Waals surface area contributed by atoms with Gasteiger partial charge in [-0.05, 0) is 30.5 Å². The van der Waals surface area contributed by atoms with E-state index in [0.29, 0.717) is 0 Å². The van der Waals surface area contributed by atoms with E-state index in [4.69, 9.17) is 4.74 Å². The van der Waals surface area contributed by atoms with E-state index in [2.05, 4.69) is 0 Å². The van der Waals surface area contributed by atoms with E-state index >= 15 is 0 Å². The zero-order valence-electron chi connectivity index (χ0n) is 16.3. The van der Waals surface area contributed by atoms with Crippen LogP contribution in [0.2, 0.25) is 0 Å². The highest BCUT2D eigenvalue weighted by molar-refractivity contribution is 6.08. The number of hydrogen-bond acceptors (Lipinski definition) is 4. The van der Waals surface area contributed by atoms with Crippen LogP contribution < -0.4 is 4.90 Å². The predicted octanol–water partition coefficient (Wildman–Crippen LogP) is 2.97. The molecule has 0 aromatic heterocycles. The van der Waals surface area contributed by atoms with E-state index < -0.39 is 29.0 Å². The molecule has 8 heteroatoms. The van der Waals surface area contributed by atoms with Crippen LogP contribution in [0, 0.1) is 11.6 Å². The van der Waals surface area contributed by atoms with Crippen LogP contribution in [0.3, 0.4) is 0 Å². The summed E-state index contributed by atoms with van der Waals surface area (Å²) in [5, 5.41) is 9.31. The number of benzene rings is 2. The van der Waals surface area contributed by atoms with Gasteiger partial charge in [-0.25, -0.2) is 13.6 Å². The number of anilines is 1. The molecule has 2 aliphatic rings. The molecule has 0 aliphatic carbocycles. The summed E-state index contributed by atoms with van der Waals surface area (Å²) in [6.45, 7) is 0.0164. The number of carbonyl (C=O) groups excluding carboxylic acids is 2. The first-order chi connectivity index (χ1) is 14.5. The molecule has 2 amide bonds. The first-order valence-corrected chi connectivity index (χ1v) is 9.85. The Morgan fingerprint density at radius 3 is 2.40 bits per heavy atom. The summed E-state index contributed by atoms with van der Waals surface area (Å²) < 4.78 is 34.6. The van der Waals surface area contributed by atoms with E-state index in [9.17, 15) is 23.5 Å². The molecule has 1 saturated heterocycles. The highest BCUT2D eigenvalue weighted by Gasteiger charge is 2.55. The van der Waals surface area contributed by atoms with Crippen LogP contribution in [0.5, 0.6) is 0 Å². The lowest BCUT2D eigenvalue weighted by molar-refractivity contribution is -0.125. The Morgan fingerprint density at radius 2 is 1.73 bits per heavy atom. The van der Waals surface area contributed by atoms with Crippen molar-refractivity contribution < 1.29 is 28.2 Å². The molecule has 0 saturated carbocycles. The predicted molar refractivity (Wildman–Crippen MR) is 105 cm³/mol. The van der Waals surface area contributed by atoms with Crippen molar-refractivity contribution in [2.75, 3.05) is 31.1 Å². The smallest absolute Gasteiger partial charge is 0.410 e. The Balaban J connectivity index is 1.52. The van der Waals surface area contributed by atoms with Crippen molar-refractivity contribution in [1.29, 1.82) is 0 Å². The molecular weight excluding hydrogens is 394 g/mol. The molecule has 1 N–H and O–H groups in total. The fourth-order valence-corrected chi connectivity index (χ4v) is 4.39. The van der Waals surface area contributed by atoms with Gasteiger partial charge in [-0.2, -0.15) is 0 Å². The second kappa shape index (κ2) is 8.02.